The number of nitrogens with zero attached hydrogens (tertiary/aromatic N) is 6. The summed E-state index contributed by atoms with van der Waals surface area (Å²) < 4.78 is 0. The van der Waals surface area contributed by atoms with Crippen LogP contribution in [0.25, 0.3) is 0 Å². The van der Waals surface area contributed by atoms with Gasteiger partial charge in [-0.2, -0.15) is 20.4 Å². The van der Waals surface area contributed by atoms with Crippen LogP contribution in [0, 0.1) is 13.8 Å². The highest BCUT2D eigenvalue weighted by Gasteiger charge is 2.16. The van der Waals surface area contributed by atoms with Gasteiger partial charge < -0.3 is 11.5 Å². The fraction of sp³-hybridized carbons (Fsp3) is 0.429. The highest BCUT2D eigenvalue weighted by molar-refractivity contribution is 7.13. The van der Waals surface area contributed by atoms with E-state index in [1.165, 1.54) is 74.3 Å². The van der Waals surface area contributed by atoms with Crippen molar-refractivity contribution in [1.82, 2.24) is 30.4 Å². The zero-order valence-corrected chi connectivity index (χ0v) is 25.2. The van der Waals surface area contributed by atoms with Crippen molar-refractivity contribution in [3.8, 4) is 0 Å². The molecule has 1 aliphatic carbocycles. The summed E-state index contributed by atoms with van der Waals surface area (Å²) in [6.45, 7) is 6.97. The van der Waals surface area contributed by atoms with Gasteiger partial charge in [0.25, 0.3) is 0 Å². The van der Waals surface area contributed by atoms with Crippen molar-refractivity contribution in [2.24, 2.45) is 0 Å². The molecule has 0 amide bonds. The number of aryl methyl sites for hydroxylation is 2. The Morgan fingerprint density at radius 3 is 1.70 bits per heavy atom. The van der Waals surface area contributed by atoms with Crippen molar-refractivity contribution in [3.05, 3.63) is 69.7 Å². The van der Waals surface area contributed by atoms with Crippen LogP contribution in [-0.2, 0) is 22.4 Å². The summed E-state index contributed by atoms with van der Waals surface area (Å²) in [6, 6.07) is 7.98. The molecular weight excluding hydrogens is 544 g/mol. The Morgan fingerprint density at radius 2 is 1.35 bits per heavy atom. The summed E-state index contributed by atoms with van der Waals surface area (Å²) in [6.07, 6.45) is 9.18. The molecule has 4 heterocycles. The second-order valence-corrected chi connectivity index (χ2v) is 11.2. The number of carbonyl (C=O) groups is 2. The zero-order chi connectivity index (χ0) is 29.3. The van der Waals surface area contributed by atoms with Crippen LogP contribution in [0.1, 0.15) is 80.3 Å². The third kappa shape index (κ3) is 13.9. The van der Waals surface area contributed by atoms with Crippen molar-refractivity contribution in [3.63, 3.8) is 0 Å². The van der Waals surface area contributed by atoms with E-state index in [1.54, 1.807) is 17.0 Å². The van der Waals surface area contributed by atoms with Gasteiger partial charge in [0.2, 0.25) is 0 Å². The first-order valence-corrected chi connectivity index (χ1v) is 14.8. The molecule has 4 N–H and O–H groups in total. The maximum Gasteiger partial charge on any atom is 0.180 e. The van der Waals surface area contributed by atoms with Crippen molar-refractivity contribution >= 4 is 44.5 Å². The first-order valence-electron chi connectivity index (χ1n) is 13.1. The van der Waals surface area contributed by atoms with E-state index in [0.29, 0.717) is 29.0 Å². The third-order valence-electron chi connectivity index (χ3n) is 5.55. The summed E-state index contributed by atoms with van der Waals surface area (Å²) in [5.74, 6) is 0.914. The number of aromatic nitrogens is 6. The largest absolute Gasteiger partial charge is 0.375 e. The standard InChI is InChI=1S/C11H16N2.2C6H8N2OS.C5H6N2/c1-9-7-8-11(13-12-9)10-5-3-2-4-6-10;2*1-4(9)2-5-3-10-6(7)8-5;1-5-3-2-4-6-7-5/h7-8,10H,2-6H2,1H3;2*3H,2H2,1H3,(H2,7,8);2-4H,1H3. The molecule has 0 atom stereocenters. The van der Waals surface area contributed by atoms with Crippen molar-refractivity contribution in [2.75, 3.05) is 11.5 Å². The van der Waals surface area contributed by atoms with E-state index in [2.05, 4.69) is 42.5 Å². The molecule has 5 rings (SSSR count). The van der Waals surface area contributed by atoms with E-state index in [4.69, 9.17) is 11.5 Å². The molecule has 0 radical (unpaired) electrons. The lowest BCUT2D eigenvalue weighted by Gasteiger charge is -2.20. The number of hydrogen-bond donors (Lipinski definition) is 2. The minimum Gasteiger partial charge on any atom is -0.375 e. The molecule has 12 heteroatoms. The first kappa shape index (κ1) is 32.6. The van der Waals surface area contributed by atoms with E-state index in [1.807, 2.05) is 26.0 Å². The van der Waals surface area contributed by atoms with E-state index < -0.39 is 0 Å². The first-order chi connectivity index (χ1) is 19.1. The third-order valence-corrected chi connectivity index (χ3v) is 6.99. The lowest BCUT2D eigenvalue weighted by Crippen LogP contribution is -2.07. The number of Topliss-reactive ketones (excluding diaryl/α,β-unsaturated/α-hetero) is 2. The Hall–Kier alpha value is -3.64. The molecule has 4 aromatic rings. The molecule has 4 aromatic heterocycles. The molecular formula is C28H38N8O2S2. The lowest BCUT2D eigenvalue weighted by molar-refractivity contribution is -0.117. The normalized spacial score (nSPS) is 12.5. The molecule has 0 unspecified atom stereocenters. The van der Waals surface area contributed by atoms with E-state index in [-0.39, 0.29) is 11.6 Å². The molecule has 1 fully saturated rings. The van der Waals surface area contributed by atoms with Crippen LogP contribution < -0.4 is 11.5 Å². The van der Waals surface area contributed by atoms with E-state index >= 15 is 0 Å². The van der Waals surface area contributed by atoms with Gasteiger partial charge in [-0.25, -0.2) is 9.97 Å². The molecule has 214 valence electrons. The van der Waals surface area contributed by atoms with Crippen LogP contribution in [0.3, 0.4) is 0 Å². The minimum absolute atomic E-state index is 0.116. The number of nitrogens with two attached hydrogens (primary N) is 2. The Labute approximate surface area is 243 Å². The smallest absolute Gasteiger partial charge is 0.180 e. The maximum absolute atomic E-state index is 10.5. The number of carbonyl (C=O) groups excluding carboxylic acids is 2. The number of rotatable bonds is 5. The SMILES string of the molecule is CC(=O)Cc1csc(N)n1.CC(=O)Cc1csc(N)n1.Cc1ccc(C2CCCCC2)nn1.Cc1cccnn1. The topological polar surface area (TPSA) is 164 Å². The van der Waals surface area contributed by atoms with Crippen LogP contribution in [0.4, 0.5) is 10.3 Å². The van der Waals surface area contributed by atoms with Crippen molar-refractivity contribution < 1.29 is 9.59 Å². The fourth-order valence-corrected chi connectivity index (χ4v) is 4.85. The zero-order valence-electron chi connectivity index (χ0n) is 23.5. The molecule has 10 nitrogen and oxygen atoms in total. The van der Waals surface area contributed by atoms with Gasteiger partial charge in [-0.05, 0) is 64.8 Å². The van der Waals surface area contributed by atoms with Crippen LogP contribution in [-0.4, -0.2) is 41.9 Å². The number of thiazole rings is 2. The van der Waals surface area contributed by atoms with Gasteiger partial charge in [0.1, 0.15) is 11.6 Å². The Balaban J connectivity index is 0.000000191. The van der Waals surface area contributed by atoms with Crippen LogP contribution in [0.5, 0.6) is 0 Å². The highest BCUT2D eigenvalue weighted by Crippen LogP contribution is 2.30. The molecule has 40 heavy (non-hydrogen) atoms. The predicted molar refractivity (Wildman–Crippen MR) is 161 cm³/mol. The summed E-state index contributed by atoms with van der Waals surface area (Å²) in [7, 11) is 0. The molecule has 0 spiro atoms. The van der Waals surface area contributed by atoms with E-state index in [9.17, 15) is 9.59 Å². The van der Waals surface area contributed by atoms with Crippen LogP contribution >= 0.6 is 22.7 Å². The average Bonchev–Trinajstić information content (AvgIpc) is 3.52. The molecule has 0 saturated heterocycles. The monoisotopic (exact) mass is 582 g/mol. The molecule has 1 aliphatic rings. The van der Waals surface area contributed by atoms with Gasteiger partial charge in [0.05, 0.1) is 28.5 Å². The minimum atomic E-state index is 0.116. The number of hydrogen-bond acceptors (Lipinski definition) is 12. The van der Waals surface area contributed by atoms with Crippen molar-refractivity contribution in [1.29, 1.82) is 0 Å². The molecule has 0 aromatic carbocycles. The van der Waals surface area contributed by atoms with Crippen LogP contribution in [0.2, 0.25) is 0 Å². The van der Waals surface area contributed by atoms with E-state index in [0.717, 1.165) is 22.8 Å². The predicted octanol–water partition coefficient (Wildman–Crippen LogP) is 5.33. The molecule has 0 aliphatic heterocycles. The quantitative estimate of drug-likeness (QED) is 0.314. The number of anilines is 2. The molecule has 1 saturated carbocycles. The van der Waals surface area contributed by atoms with Gasteiger partial charge in [-0.3, -0.25) is 9.59 Å². The number of nitrogen functional groups attached to an aromatic ring is 2. The second-order valence-electron chi connectivity index (χ2n) is 9.41. The summed E-state index contributed by atoms with van der Waals surface area (Å²) in [5, 5.41) is 20.4. The Kier molecular flexibility index (Phi) is 14.5. The lowest BCUT2D eigenvalue weighted by atomic mass is 9.87. The van der Waals surface area contributed by atoms with Crippen molar-refractivity contribution in [2.45, 2.75) is 78.6 Å². The van der Waals surface area contributed by atoms with Gasteiger partial charge in [0.15, 0.2) is 10.3 Å². The average molecular weight is 583 g/mol. The summed E-state index contributed by atoms with van der Waals surface area (Å²) >= 11 is 2.72. The van der Waals surface area contributed by atoms with Gasteiger partial charge in [-0.1, -0.05) is 19.3 Å². The summed E-state index contributed by atoms with van der Waals surface area (Å²) in [5.41, 5.74) is 15.4. The Morgan fingerprint density at radius 1 is 0.800 bits per heavy atom. The second kappa shape index (κ2) is 17.9. The summed E-state index contributed by atoms with van der Waals surface area (Å²) in [4.78, 5) is 28.9. The fourth-order valence-electron chi connectivity index (χ4n) is 3.72. The molecule has 0 bridgehead atoms. The van der Waals surface area contributed by atoms with Gasteiger partial charge in [0, 0.05) is 35.7 Å². The Bertz CT molecular complexity index is 1230. The van der Waals surface area contributed by atoms with Gasteiger partial charge in [-0.15, -0.1) is 22.7 Å². The maximum atomic E-state index is 10.5. The van der Waals surface area contributed by atoms with Crippen LogP contribution in [0.15, 0.2) is 41.2 Å². The highest BCUT2D eigenvalue weighted by atomic mass is 32.1. The number of ketones is 2. The van der Waals surface area contributed by atoms with Gasteiger partial charge >= 0.3 is 0 Å².